The van der Waals surface area contributed by atoms with Crippen LogP contribution in [0, 0.1) is 23.7 Å². The molecule has 0 aromatic heterocycles. The van der Waals surface area contributed by atoms with Crippen LogP contribution in [0.2, 0.25) is 0 Å². The predicted octanol–water partition coefficient (Wildman–Crippen LogP) is 29.1. The Balaban J connectivity index is 5.19. The summed E-state index contributed by atoms with van der Waals surface area (Å²) in [5.41, 5.74) is 0. The normalized spacial score (nSPS) is 14.0. The summed E-state index contributed by atoms with van der Waals surface area (Å²) in [5.74, 6) is 1.09. The third-order valence-corrected chi connectivity index (χ3v) is 24.3. The van der Waals surface area contributed by atoms with E-state index in [1.807, 2.05) is 0 Å². The average molecular weight is 1650 g/mol. The molecule has 0 bridgehead atoms. The van der Waals surface area contributed by atoms with Crippen molar-refractivity contribution in [2.24, 2.45) is 23.7 Å². The first-order chi connectivity index (χ1) is 54.6. The second-order valence-corrected chi connectivity index (χ2v) is 38.3. The number of hydrogen-bond acceptors (Lipinski definition) is 15. The lowest BCUT2D eigenvalue weighted by atomic mass is 9.99. The highest BCUT2D eigenvalue weighted by molar-refractivity contribution is 7.47. The van der Waals surface area contributed by atoms with E-state index in [4.69, 9.17) is 37.0 Å². The van der Waals surface area contributed by atoms with Crippen molar-refractivity contribution < 1.29 is 80.2 Å². The molecule has 0 heterocycles. The lowest BCUT2D eigenvalue weighted by Crippen LogP contribution is -2.30. The number of rotatable bonds is 91. The molecule has 0 aliphatic rings. The zero-order chi connectivity index (χ0) is 83.0. The molecule has 672 valence electrons. The van der Waals surface area contributed by atoms with Crippen LogP contribution in [-0.4, -0.2) is 96.7 Å². The molecular formula is C94H184O17P2. The quantitative estimate of drug-likeness (QED) is 0.0222. The Bertz CT molecular complexity index is 2180. The van der Waals surface area contributed by atoms with Crippen molar-refractivity contribution in [3.8, 4) is 0 Å². The molecule has 113 heavy (non-hydrogen) atoms. The summed E-state index contributed by atoms with van der Waals surface area (Å²) in [6.07, 6.45) is 75.4. The molecule has 0 aliphatic carbocycles. The molecule has 0 spiro atoms. The second kappa shape index (κ2) is 82.4. The van der Waals surface area contributed by atoms with Gasteiger partial charge in [-0.05, 0) is 49.4 Å². The lowest BCUT2D eigenvalue weighted by Gasteiger charge is -2.21. The number of esters is 4. The van der Waals surface area contributed by atoms with Gasteiger partial charge < -0.3 is 33.8 Å². The highest BCUT2D eigenvalue weighted by atomic mass is 31.2. The maximum absolute atomic E-state index is 13.2. The number of carbonyl (C=O) groups excluding carboxylic acids is 4. The number of hydrogen-bond donors (Lipinski definition) is 3. The van der Waals surface area contributed by atoms with Gasteiger partial charge in [-0.25, -0.2) is 9.13 Å². The molecule has 0 aliphatic heterocycles. The topological polar surface area (TPSA) is 237 Å². The maximum atomic E-state index is 13.2. The van der Waals surface area contributed by atoms with Crippen molar-refractivity contribution in [2.45, 2.75) is 517 Å². The van der Waals surface area contributed by atoms with Crippen LogP contribution in [0.5, 0.6) is 0 Å². The Kier molecular flexibility index (Phi) is 81.0. The molecule has 0 rings (SSSR count). The smallest absolute Gasteiger partial charge is 0.462 e. The summed E-state index contributed by atoms with van der Waals surface area (Å²) < 4.78 is 69.1. The fraction of sp³-hybridized carbons (Fsp3) is 0.957. The highest BCUT2D eigenvalue weighted by Gasteiger charge is 2.31. The minimum atomic E-state index is -4.97. The summed E-state index contributed by atoms with van der Waals surface area (Å²) in [4.78, 5) is 73.4. The van der Waals surface area contributed by atoms with Gasteiger partial charge in [0.1, 0.15) is 19.3 Å². The highest BCUT2D eigenvalue weighted by Crippen LogP contribution is 2.45. The molecular weight excluding hydrogens is 1460 g/mol. The SMILES string of the molecule is CCC(C)CCCCCCCCCCCCCCCCCCCCC(=O)O[C@H](COC(=O)CCCCCCCCCCCCCCCCCCCCC(C)C)COP(=O)(O)OCC(O)COP(=O)(O)OC[C@@H](COC(=O)CCCCCCCCC(C)C)OC(=O)CCCCCCCCCCCCCCCCCCCCC(C)C. The Morgan fingerprint density at radius 2 is 0.425 bits per heavy atom. The molecule has 17 nitrogen and oxygen atoms in total. The monoisotopic (exact) mass is 1650 g/mol. The van der Waals surface area contributed by atoms with Gasteiger partial charge in [0, 0.05) is 25.7 Å². The minimum Gasteiger partial charge on any atom is -0.462 e. The fourth-order valence-corrected chi connectivity index (χ4v) is 16.3. The van der Waals surface area contributed by atoms with E-state index in [-0.39, 0.29) is 25.7 Å². The summed E-state index contributed by atoms with van der Waals surface area (Å²) in [7, 11) is -9.94. The van der Waals surface area contributed by atoms with E-state index in [2.05, 4.69) is 55.4 Å². The molecule has 19 heteroatoms. The Hall–Kier alpha value is -1.94. The first-order valence-electron chi connectivity index (χ1n) is 48.2. The summed E-state index contributed by atoms with van der Waals surface area (Å²) >= 11 is 0. The maximum Gasteiger partial charge on any atom is 0.472 e. The van der Waals surface area contributed by atoms with Crippen LogP contribution >= 0.6 is 15.6 Å². The van der Waals surface area contributed by atoms with Gasteiger partial charge in [0.05, 0.1) is 26.4 Å². The van der Waals surface area contributed by atoms with Crippen LogP contribution in [-0.2, 0) is 65.4 Å². The van der Waals surface area contributed by atoms with Gasteiger partial charge >= 0.3 is 39.5 Å². The second-order valence-electron chi connectivity index (χ2n) is 35.4. The van der Waals surface area contributed by atoms with Gasteiger partial charge in [0.15, 0.2) is 12.2 Å². The van der Waals surface area contributed by atoms with E-state index < -0.39 is 97.5 Å². The fourth-order valence-electron chi connectivity index (χ4n) is 14.7. The largest absolute Gasteiger partial charge is 0.472 e. The molecule has 0 aromatic rings. The number of aliphatic hydroxyl groups is 1. The Labute approximate surface area is 696 Å². The van der Waals surface area contributed by atoms with Crippen molar-refractivity contribution in [1.82, 2.24) is 0 Å². The van der Waals surface area contributed by atoms with Crippen molar-refractivity contribution in [2.75, 3.05) is 39.6 Å². The first-order valence-corrected chi connectivity index (χ1v) is 51.2. The Morgan fingerprint density at radius 3 is 0.628 bits per heavy atom. The number of unbranched alkanes of at least 4 members (excludes halogenated alkanes) is 56. The van der Waals surface area contributed by atoms with Crippen molar-refractivity contribution in [1.29, 1.82) is 0 Å². The molecule has 0 radical (unpaired) electrons. The van der Waals surface area contributed by atoms with E-state index in [1.165, 1.54) is 295 Å². The minimum absolute atomic E-state index is 0.107. The average Bonchev–Trinajstić information content (AvgIpc) is 0.898. The van der Waals surface area contributed by atoms with Crippen LogP contribution in [0.15, 0.2) is 0 Å². The summed E-state index contributed by atoms with van der Waals surface area (Å²) in [6.45, 7) is 14.4. The van der Waals surface area contributed by atoms with E-state index >= 15 is 0 Å². The van der Waals surface area contributed by atoms with Crippen molar-refractivity contribution in [3.63, 3.8) is 0 Å². The van der Waals surface area contributed by atoms with Gasteiger partial charge in [0.25, 0.3) is 0 Å². The summed E-state index contributed by atoms with van der Waals surface area (Å²) in [5, 5.41) is 10.7. The third kappa shape index (κ3) is 86.3. The zero-order valence-electron chi connectivity index (χ0n) is 75.0. The van der Waals surface area contributed by atoms with Gasteiger partial charge in [-0.3, -0.25) is 37.3 Å². The molecule has 0 saturated carbocycles. The number of phosphoric ester groups is 2. The van der Waals surface area contributed by atoms with E-state index in [1.54, 1.807) is 0 Å². The van der Waals surface area contributed by atoms with Gasteiger partial charge in [-0.1, -0.05) is 447 Å². The lowest BCUT2D eigenvalue weighted by molar-refractivity contribution is -0.161. The van der Waals surface area contributed by atoms with E-state index in [0.29, 0.717) is 31.6 Å². The third-order valence-electron chi connectivity index (χ3n) is 22.4. The molecule has 0 saturated heterocycles. The molecule has 4 unspecified atom stereocenters. The molecule has 0 aromatic carbocycles. The molecule has 0 amide bonds. The number of aliphatic hydroxyl groups excluding tert-OH is 1. The van der Waals surface area contributed by atoms with Crippen LogP contribution in [0.25, 0.3) is 0 Å². The van der Waals surface area contributed by atoms with Crippen LogP contribution in [0.1, 0.15) is 498 Å². The Morgan fingerprint density at radius 1 is 0.248 bits per heavy atom. The van der Waals surface area contributed by atoms with Gasteiger partial charge in [-0.15, -0.1) is 0 Å². The predicted molar refractivity (Wildman–Crippen MR) is 469 cm³/mol. The standard InChI is InChI=1S/C94H184O17P2/c1-9-87(8)73-65-57-48-42-36-30-24-18-12-15-21-27-33-39-45-51-60-68-76-93(98)110-89(80-104-91(96)74-66-58-49-43-37-31-25-19-13-10-16-22-28-34-40-46-54-62-70-84(2)3)82-108-112(100,101)106-78-88(95)79-107-113(102,103)109-83-90(81-105-92(97)75-67-59-53-52-56-64-72-86(6)7)111-94(99)77-69-61-50-44-38-32-26-20-14-11-17-23-29-35-41-47-55-63-71-85(4)5/h84-90,95H,9-83H2,1-8H3,(H,100,101)(H,102,103)/t87?,88?,89-,90-/m1/s1. The van der Waals surface area contributed by atoms with E-state index in [9.17, 15) is 43.2 Å². The summed E-state index contributed by atoms with van der Waals surface area (Å²) in [6, 6.07) is 0. The van der Waals surface area contributed by atoms with Gasteiger partial charge in [0.2, 0.25) is 0 Å². The van der Waals surface area contributed by atoms with E-state index in [0.717, 1.165) is 114 Å². The van der Waals surface area contributed by atoms with Gasteiger partial charge in [-0.2, -0.15) is 0 Å². The number of phosphoric acid groups is 2. The molecule has 3 N–H and O–H groups in total. The van der Waals surface area contributed by atoms with Crippen LogP contribution in [0.4, 0.5) is 0 Å². The molecule has 0 fully saturated rings. The van der Waals surface area contributed by atoms with Crippen molar-refractivity contribution in [3.05, 3.63) is 0 Å². The number of ether oxygens (including phenoxy) is 4. The van der Waals surface area contributed by atoms with Crippen molar-refractivity contribution >= 4 is 39.5 Å². The zero-order valence-corrected chi connectivity index (χ0v) is 76.8. The van der Waals surface area contributed by atoms with Crippen LogP contribution in [0.3, 0.4) is 0 Å². The van der Waals surface area contributed by atoms with Crippen LogP contribution < -0.4 is 0 Å². The molecule has 6 atom stereocenters. The number of carbonyl (C=O) groups is 4. The first kappa shape index (κ1) is 111.